The first kappa shape index (κ1) is 33.2. The number of carbonyl (C=O) groups is 1. The molecule has 0 radical (unpaired) electrons. The second-order valence-corrected chi connectivity index (χ2v) is 11.9. The van der Waals surface area contributed by atoms with Crippen LogP contribution in [0.5, 0.6) is 5.75 Å². The van der Waals surface area contributed by atoms with Crippen molar-refractivity contribution in [3.63, 3.8) is 0 Å². The number of aryl methyl sites for hydroxylation is 1. The molecule has 2 unspecified atom stereocenters. The molecule has 46 heavy (non-hydrogen) atoms. The summed E-state index contributed by atoms with van der Waals surface area (Å²) in [7, 11) is 1.26. The topological polar surface area (TPSA) is 183 Å². The molecule has 1 saturated heterocycles. The molecule has 2 aromatic carbocycles. The molecule has 0 bridgehead atoms. The Morgan fingerprint density at radius 3 is 2.74 bits per heavy atom. The van der Waals surface area contributed by atoms with Crippen LogP contribution in [0.1, 0.15) is 47.2 Å². The zero-order valence-corrected chi connectivity index (χ0v) is 26.8. The second-order valence-electron chi connectivity index (χ2n) is 10.9. The largest absolute Gasteiger partial charge is 0.489 e. The van der Waals surface area contributed by atoms with Crippen molar-refractivity contribution in [2.24, 2.45) is 5.92 Å². The lowest BCUT2D eigenvalue weighted by Gasteiger charge is -2.23. The molecule has 14 nitrogen and oxygen atoms in total. The van der Waals surface area contributed by atoms with E-state index in [4.69, 9.17) is 14.2 Å². The fraction of sp³-hybridized carbons (Fsp3) is 0.387. The van der Waals surface area contributed by atoms with Crippen LogP contribution < -0.4 is 21.3 Å². The summed E-state index contributed by atoms with van der Waals surface area (Å²) in [5, 5.41) is 32.9. The zero-order chi connectivity index (χ0) is 32.8. The van der Waals surface area contributed by atoms with Gasteiger partial charge in [0.25, 0.3) is 5.56 Å². The molecule has 5 atom stereocenters. The number of hydrogen-bond donors (Lipinski definition) is 4. The van der Waals surface area contributed by atoms with E-state index >= 15 is 0 Å². The number of hydrogen-bond acceptors (Lipinski definition) is 11. The minimum absolute atomic E-state index is 0.0493. The second kappa shape index (κ2) is 15.0. The van der Waals surface area contributed by atoms with Crippen molar-refractivity contribution >= 4 is 21.9 Å². The van der Waals surface area contributed by atoms with Crippen LogP contribution in [0.2, 0.25) is 0 Å². The Bertz CT molecular complexity index is 1760. The number of esters is 1. The zero-order valence-electron chi connectivity index (χ0n) is 25.2. The number of rotatable bonds is 13. The van der Waals surface area contributed by atoms with Crippen LogP contribution in [0.4, 0.5) is 0 Å². The van der Waals surface area contributed by atoms with E-state index in [2.05, 4.69) is 36.5 Å². The Kier molecular flexibility index (Phi) is 10.8. The number of aliphatic hydroxyl groups is 2. The highest BCUT2D eigenvalue weighted by Gasteiger charge is 2.38. The Balaban J connectivity index is 1.25. The Hall–Kier alpha value is -4.15. The summed E-state index contributed by atoms with van der Waals surface area (Å²) < 4.78 is 20.5. The average molecular weight is 700 g/mol. The van der Waals surface area contributed by atoms with E-state index in [1.54, 1.807) is 36.0 Å². The highest BCUT2D eigenvalue weighted by Crippen LogP contribution is 2.36. The number of aromatic nitrogens is 5. The van der Waals surface area contributed by atoms with Gasteiger partial charge in [-0.15, -0.1) is 5.10 Å². The number of nitrogens with one attached hydrogen (secondary N) is 2. The molecule has 1 aliphatic heterocycles. The molecule has 1 fully saturated rings. The Labute approximate surface area is 272 Å². The fourth-order valence-electron chi connectivity index (χ4n) is 5.35. The number of halogens is 1. The summed E-state index contributed by atoms with van der Waals surface area (Å²) in [6.45, 7) is 1.80. The number of aromatic amines is 1. The normalized spacial score (nSPS) is 19.1. The number of methoxy groups -OCH3 is 1. The van der Waals surface area contributed by atoms with Crippen LogP contribution >= 0.6 is 15.9 Å². The van der Waals surface area contributed by atoms with Crippen LogP contribution in [0.25, 0.3) is 0 Å². The molecule has 244 valence electrons. The molecule has 1 aliphatic rings. The first-order valence-corrected chi connectivity index (χ1v) is 15.4. The maximum atomic E-state index is 12.8. The number of benzene rings is 2. The van der Waals surface area contributed by atoms with Crippen molar-refractivity contribution in [2.45, 2.75) is 51.0 Å². The maximum absolute atomic E-state index is 12.8. The number of nitrogens with zero attached hydrogens (tertiary/aromatic N) is 4. The molecular formula is C31H35BrN6O8. The van der Waals surface area contributed by atoms with Crippen LogP contribution in [-0.2, 0) is 27.4 Å². The summed E-state index contributed by atoms with van der Waals surface area (Å²) in [5.41, 5.74) is 1.18. The molecule has 0 aliphatic carbocycles. The highest BCUT2D eigenvalue weighted by molar-refractivity contribution is 9.10. The smallest absolute Gasteiger partial charge is 0.330 e. The van der Waals surface area contributed by atoms with Gasteiger partial charge in [0.2, 0.25) is 0 Å². The first-order valence-electron chi connectivity index (χ1n) is 14.6. The van der Waals surface area contributed by atoms with Crippen molar-refractivity contribution in [2.75, 3.05) is 20.3 Å². The quantitative estimate of drug-likeness (QED) is 0.150. The molecule has 2 aromatic heterocycles. The van der Waals surface area contributed by atoms with Gasteiger partial charge in [-0.2, -0.15) is 0 Å². The van der Waals surface area contributed by atoms with E-state index in [1.165, 1.54) is 17.9 Å². The predicted octanol–water partition coefficient (Wildman–Crippen LogP) is 1.91. The van der Waals surface area contributed by atoms with Gasteiger partial charge in [-0.05, 0) is 30.7 Å². The summed E-state index contributed by atoms with van der Waals surface area (Å²) in [6, 6.07) is 14.4. The molecule has 4 N–H and O–H groups in total. The van der Waals surface area contributed by atoms with E-state index in [0.29, 0.717) is 33.5 Å². The summed E-state index contributed by atoms with van der Waals surface area (Å²) >= 11 is 3.44. The molecule has 0 spiro atoms. The predicted molar refractivity (Wildman–Crippen MR) is 168 cm³/mol. The van der Waals surface area contributed by atoms with Crippen LogP contribution in [0.3, 0.4) is 0 Å². The molecule has 5 rings (SSSR count). The van der Waals surface area contributed by atoms with Crippen LogP contribution in [-0.4, -0.2) is 67.1 Å². The summed E-state index contributed by atoms with van der Waals surface area (Å²) in [6.07, 6.45) is 0.756. The van der Waals surface area contributed by atoms with E-state index in [1.807, 2.05) is 30.3 Å². The van der Waals surface area contributed by atoms with Crippen molar-refractivity contribution in [3.8, 4) is 5.75 Å². The highest BCUT2D eigenvalue weighted by atomic mass is 79.9. The van der Waals surface area contributed by atoms with Gasteiger partial charge in [0.15, 0.2) is 0 Å². The van der Waals surface area contributed by atoms with Crippen molar-refractivity contribution in [1.82, 2.24) is 29.9 Å². The van der Waals surface area contributed by atoms with Gasteiger partial charge >= 0.3 is 11.7 Å². The van der Waals surface area contributed by atoms with Gasteiger partial charge in [-0.1, -0.05) is 51.5 Å². The third kappa shape index (κ3) is 7.62. The first-order chi connectivity index (χ1) is 22.2. The summed E-state index contributed by atoms with van der Waals surface area (Å²) in [5.74, 6) is -1.15. The van der Waals surface area contributed by atoms with E-state index in [-0.39, 0.29) is 26.3 Å². The monoisotopic (exact) mass is 698 g/mol. The van der Waals surface area contributed by atoms with Gasteiger partial charge in [0.1, 0.15) is 24.7 Å². The van der Waals surface area contributed by atoms with Crippen molar-refractivity contribution in [3.05, 3.63) is 109 Å². The number of aliphatic hydroxyl groups excluding tert-OH is 2. The lowest BCUT2D eigenvalue weighted by Crippen LogP contribution is -2.34. The van der Waals surface area contributed by atoms with Gasteiger partial charge in [-0.3, -0.25) is 19.1 Å². The minimum Gasteiger partial charge on any atom is -0.489 e. The Morgan fingerprint density at radius 2 is 2.00 bits per heavy atom. The molecule has 0 amide bonds. The SMILES string of the molecule is COC(=O)C(CNCc1cn([C@H]2C[C@H](n3cc(C)c(=O)[nH]c3=O)O[C@@H]2CO)nn1)C(O)c1cc(Br)ccc1OCc1ccccc1. The third-order valence-corrected chi connectivity index (χ3v) is 8.31. The average Bonchev–Trinajstić information content (AvgIpc) is 3.71. The number of ether oxygens (including phenoxy) is 3. The summed E-state index contributed by atoms with van der Waals surface area (Å²) in [4.78, 5) is 39.3. The van der Waals surface area contributed by atoms with Crippen LogP contribution in [0.15, 0.2) is 75.0 Å². The van der Waals surface area contributed by atoms with Gasteiger partial charge < -0.3 is 29.7 Å². The van der Waals surface area contributed by atoms with E-state index in [9.17, 15) is 24.6 Å². The maximum Gasteiger partial charge on any atom is 0.330 e. The standard InChI is InChI=1S/C31H35BrN6O8/c1-18-14-37(31(43)34-29(18)41)27-11-24(26(16-39)46-27)38-15-21(35-36-38)12-33-13-23(30(42)44-2)28(40)22-10-20(32)8-9-25(22)45-17-19-6-4-3-5-7-19/h3-10,14-15,23-24,26-28,33,39-40H,11-13,16-17H2,1-2H3,(H,34,41,43)/t23?,24-,26+,27+,28?/m0/s1. The molecule has 15 heteroatoms. The van der Waals surface area contributed by atoms with Gasteiger partial charge in [0.05, 0.1) is 43.7 Å². The molecular weight excluding hydrogens is 664 g/mol. The van der Waals surface area contributed by atoms with Crippen LogP contribution in [0, 0.1) is 12.8 Å². The van der Waals surface area contributed by atoms with E-state index in [0.717, 1.165) is 5.56 Å². The van der Waals surface area contributed by atoms with Crippen molar-refractivity contribution < 1.29 is 29.2 Å². The molecule has 3 heterocycles. The fourth-order valence-corrected chi connectivity index (χ4v) is 5.73. The third-order valence-electron chi connectivity index (χ3n) is 7.82. The molecule has 4 aromatic rings. The lowest BCUT2D eigenvalue weighted by molar-refractivity contribution is -0.149. The van der Waals surface area contributed by atoms with E-state index < -0.39 is 47.6 Å². The lowest BCUT2D eigenvalue weighted by atomic mass is 9.94. The Morgan fingerprint density at radius 1 is 1.22 bits per heavy atom. The number of H-pyrrole nitrogens is 1. The molecule has 0 saturated carbocycles. The minimum atomic E-state index is -1.25. The number of carbonyl (C=O) groups excluding carboxylic acids is 1. The van der Waals surface area contributed by atoms with Gasteiger partial charge in [0, 0.05) is 41.3 Å². The van der Waals surface area contributed by atoms with Crippen molar-refractivity contribution in [1.29, 1.82) is 0 Å². The van der Waals surface area contributed by atoms with Gasteiger partial charge in [-0.25, -0.2) is 9.48 Å².